The van der Waals surface area contributed by atoms with Crippen molar-refractivity contribution in [2.75, 3.05) is 10.6 Å². The molecule has 0 heterocycles. The van der Waals surface area contributed by atoms with Crippen LogP contribution in [0, 0.1) is 0 Å². The first-order valence-corrected chi connectivity index (χ1v) is 9.07. The molecular weight excluding hydrogens is 328 g/mol. The summed E-state index contributed by atoms with van der Waals surface area (Å²) in [7, 11) is 0. The van der Waals surface area contributed by atoms with E-state index in [9.17, 15) is 9.59 Å². The maximum absolute atomic E-state index is 12.3. The van der Waals surface area contributed by atoms with Crippen molar-refractivity contribution in [3.63, 3.8) is 0 Å². The lowest BCUT2D eigenvalue weighted by Gasteiger charge is -2.16. The molecule has 0 saturated heterocycles. The zero-order chi connectivity index (χ0) is 18.5. The Morgan fingerprint density at radius 2 is 1.69 bits per heavy atom. The van der Waals surface area contributed by atoms with Gasteiger partial charge in [0.05, 0.1) is 11.8 Å². The maximum atomic E-state index is 12.3. The molecule has 2 amide bonds. The highest BCUT2D eigenvalue weighted by atomic mass is 16.5. The summed E-state index contributed by atoms with van der Waals surface area (Å²) in [6.45, 7) is 3.99. The fraction of sp³-hybridized carbons (Fsp3) is 0.333. The van der Waals surface area contributed by atoms with Crippen LogP contribution in [0.15, 0.2) is 42.5 Å². The molecule has 2 aromatic rings. The predicted molar refractivity (Wildman–Crippen MR) is 103 cm³/mol. The van der Waals surface area contributed by atoms with Gasteiger partial charge in [-0.2, -0.15) is 0 Å². The number of nitrogens with one attached hydrogen (secondary N) is 2. The lowest BCUT2D eigenvalue weighted by molar-refractivity contribution is -0.133. The van der Waals surface area contributed by atoms with Gasteiger partial charge < -0.3 is 15.4 Å². The number of carbonyl (C=O) groups is 2. The van der Waals surface area contributed by atoms with Gasteiger partial charge in [0, 0.05) is 5.69 Å². The molecule has 3 rings (SSSR count). The molecule has 1 unspecified atom stereocenters. The van der Waals surface area contributed by atoms with Gasteiger partial charge in [-0.1, -0.05) is 31.2 Å². The van der Waals surface area contributed by atoms with Crippen molar-refractivity contribution >= 4 is 23.2 Å². The van der Waals surface area contributed by atoms with E-state index in [4.69, 9.17) is 4.74 Å². The summed E-state index contributed by atoms with van der Waals surface area (Å²) in [5.41, 5.74) is 3.60. The van der Waals surface area contributed by atoms with Crippen molar-refractivity contribution in [1.82, 2.24) is 0 Å². The quantitative estimate of drug-likeness (QED) is 0.801. The zero-order valence-corrected chi connectivity index (χ0v) is 15.2. The van der Waals surface area contributed by atoms with Crippen LogP contribution in [0.2, 0.25) is 0 Å². The molecule has 2 N–H and O–H groups in total. The van der Waals surface area contributed by atoms with E-state index in [0.29, 0.717) is 11.4 Å². The minimum absolute atomic E-state index is 0.0220. The van der Waals surface area contributed by atoms with E-state index in [-0.39, 0.29) is 6.10 Å². The average Bonchev–Trinajstić information content (AvgIpc) is 3.13. The zero-order valence-electron chi connectivity index (χ0n) is 15.2. The number of hydrogen-bond acceptors (Lipinski definition) is 3. The molecule has 0 spiro atoms. The lowest BCUT2D eigenvalue weighted by atomic mass is 10.1. The highest BCUT2D eigenvalue weighted by molar-refractivity contribution is 6.43. The Bertz CT molecular complexity index is 817. The Morgan fingerprint density at radius 3 is 2.46 bits per heavy atom. The number of amides is 2. The van der Waals surface area contributed by atoms with Gasteiger partial charge in [-0.3, -0.25) is 9.59 Å². The number of aryl methyl sites for hydroxylation is 1. The second kappa shape index (κ2) is 8.04. The van der Waals surface area contributed by atoms with Crippen LogP contribution >= 0.6 is 0 Å². The van der Waals surface area contributed by atoms with Gasteiger partial charge in [0.1, 0.15) is 5.75 Å². The SMILES string of the molecule is CCC(C)Oc1ccccc1NC(=O)C(=O)Nc1cccc2c1CCC2. The summed E-state index contributed by atoms with van der Waals surface area (Å²) in [4.78, 5) is 24.7. The van der Waals surface area contributed by atoms with Crippen LogP contribution in [0.1, 0.15) is 37.8 Å². The first kappa shape index (κ1) is 18.0. The van der Waals surface area contributed by atoms with Crippen LogP contribution in [0.3, 0.4) is 0 Å². The van der Waals surface area contributed by atoms with E-state index in [1.165, 1.54) is 5.56 Å². The Balaban J connectivity index is 1.69. The maximum Gasteiger partial charge on any atom is 0.314 e. The molecule has 1 atom stereocenters. The van der Waals surface area contributed by atoms with Crippen LogP contribution in [-0.4, -0.2) is 17.9 Å². The summed E-state index contributed by atoms with van der Waals surface area (Å²) in [6.07, 6.45) is 3.90. The van der Waals surface area contributed by atoms with E-state index >= 15 is 0 Å². The molecule has 5 heteroatoms. The van der Waals surface area contributed by atoms with E-state index < -0.39 is 11.8 Å². The summed E-state index contributed by atoms with van der Waals surface area (Å²) in [6, 6.07) is 13.0. The van der Waals surface area contributed by atoms with Gasteiger partial charge in [-0.15, -0.1) is 0 Å². The predicted octanol–water partition coefficient (Wildman–Crippen LogP) is 3.93. The van der Waals surface area contributed by atoms with Gasteiger partial charge in [-0.05, 0) is 61.9 Å². The van der Waals surface area contributed by atoms with Gasteiger partial charge in [0.25, 0.3) is 0 Å². The lowest BCUT2D eigenvalue weighted by Crippen LogP contribution is -2.29. The van der Waals surface area contributed by atoms with E-state index in [0.717, 1.165) is 36.9 Å². The molecular formula is C21H24N2O3. The Kier molecular flexibility index (Phi) is 5.56. The number of carbonyl (C=O) groups excluding carboxylic acids is 2. The Labute approximate surface area is 153 Å². The van der Waals surface area contributed by atoms with E-state index in [1.807, 2.05) is 32.0 Å². The molecule has 0 fully saturated rings. The van der Waals surface area contributed by atoms with Gasteiger partial charge >= 0.3 is 11.8 Å². The number of fused-ring (bicyclic) bond motifs is 1. The normalized spacial score (nSPS) is 13.6. The molecule has 0 aliphatic heterocycles. The third-order valence-corrected chi connectivity index (χ3v) is 4.64. The fourth-order valence-electron chi connectivity index (χ4n) is 3.07. The van der Waals surface area contributed by atoms with Crippen molar-refractivity contribution in [2.24, 2.45) is 0 Å². The molecule has 26 heavy (non-hydrogen) atoms. The number of benzene rings is 2. The van der Waals surface area contributed by atoms with Crippen molar-refractivity contribution in [2.45, 2.75) is 45.6 Å². The molecule has 1 aliphatic rings. The third-order valence-electron chi connectivity index (χ3n) is 4.64. The van der Waals surface area contributed by atoms with Gasteiger partial charge in [-0.25, -0.2) is 0 Å². The van der Waals surface area contributed by atoms with Crippen molar-refractivity contribution in [3.8, 4) is 5.75 Å². The molecule has 2 aromatic carbocycles. The number of para-hydroxylation sites is 2. The summed E-state index contributed by atoms with van der Waals surface area (Å²) < 4.78 is 5.81. The van der Waals surface area contributed by atoms with Crippen molar-refractivity contribution in [1.29, 1.82) is 0 Å². The monoisotopic (exact) mass is 352 g/mol. The first-order chi connectivity index (χ1) is 12.6. The van der Waals surface area contributed by atoms with Crippen LogP contribution < -0.4 is 15.4 Å². The summed E-state index contributed by atoms with van der Waals surface area (Å²) >= 11 is 0. The fourth-order valence-corrected chi connectivity index (χ4v) is 3.07. The van der Waals surface area contributed by atoms with Gasteiger partial charge in [0.2, 0.25) is 0 Å². The highest BCUT2D eigenvalue weighted by Crippen LogP contribution is 2.29. The highest BCUT2D eigenvalue weighted by Gasteiger charge is 2.20. The second-order valence-electron chi connectivity index (χ2n) is 6.54. The topological polar surface area (TPSA) is 67.4 Å². The van der Waals surface area contributed by atoms with Gasteiger partial charge in [0.15, 0.2) is 0 Å². The van der Waals surface area contributed by atoms with Crippen LogP contribution in [0.5, 0.6) is 5.75 Å². The number of rotatable bonds is 5. The van der Waals surface area contributed by atoms with Crippen molar-refractivity contribution < 1.29 is 14.3 Å². The molecule has 5 nitrogen and oxygen atoms in total. The van der Waals surface area contributed by atoms with Crippen LogP contribution in [0.25, 0.3) is 0 Å². The summed E-state index contributed by atoms with van der Waals surface area (Å²) in [5.74, 6) is -0.826. The molecule has 0 bridgehead atoms. The van der Waals surface area contributed by atoms with E-state index in [1.54, 1.807) is 18.2 Å². The third kappa shape index (κ3) is 4.04. The Hall–Kier alpha value is -2.82. The smallest absolute Gasteiger partial charge is 0.314 e. The molecule has 0 saturated carbocycles. The molecule has 0 aromatic heterocycles. The van der Waals surface area contributed by atoms with E-state index in [2.05, 4.69) is 16.7 Å². The number of hydrogen-bond donors (Lipinski definition) is 2. The average molecular weight is 352 g/mol. The molecule has 1 aliphatic carbocycles. The number of ether oxygens (including phenoxy) is 1. The van der Waals surface area contributed by atoms with Crippen LogP contribution in [0.4, 0.5) is 11.4 Å². The first-order valence-electron chi connectivity index (χ1n) is 9.07. The van der Waals surface area contributed by atoms with Crippen LogP contribution in [-0.2, 0) is 22.4 Å². The standard InChI is InChI=1S/C21H24N2O3/c1-3-14(2)26-19-13-5-4-11-18(19)23-21(25)20(24)22-17-12-7-9-15-8-6-10-16(15)17/h4-5,7,9,11-14H,3,6,8,10H2,1-2H3,(H,22,24)(H,23,25). The Morgan fingerprint density at radius 1 is 1.00 bits per heavy atom. The summed E-state index contributed by atoms with van der Waals surface area (Å²) in [5, 5.41) is 5.39. The molecule has 136 valence electrons. The minimum Gasteiger partial charge on any atom is -0.489 e. The number of anilines is 2. The molecule has 0 radical (unpaired) electrons. The van der Waals surface area contributed by atoms with Crippen molar-refractivity contribution in [3.05, 3.63) is 53.6 Å². The minimum atomic E-state index is -0.708. The second-order valence-corrected chi connectivity index (χ2v) is 6.54. The largest absolute Gasteiger partial charge is 0.489 e.